The Morgan fingerprint density at radius 2 is 2.21 bits per heavy atom. The molecule has 6 nitrogen and oxygen atoms in total. The molecule has 0 saturated heterocycles. The van der Waals surface area contributed by atoms with E-state index in [-0.39, 0.29) is 5.91 Å². The van der Waals surface area contributed by atoms with Crippen LogP contribution < -0.4 is 20.7 Å². The highest BCUT2D eigenvalue weighted by Crippen LogP contribution is 2.16. The first kappa shape index (κ1) is 14.8. The standard InChI is InChI=1S/C13H20N4O2/c1-10(18)17-11-5-4-6-12(9-11)19-8-7-16-13(14-2)15-3/h4-6,9H,7-8H2,1-3H3,(H,17,18)(H2,14,15,16). The van der Waals surface area contributed by atoms with Gasteiger partial charge in [-0.3, -0.25) is 9.79 Å². The van der Waals surface area contributed by atoms with Crippen molar-refractivity contribution in [3.63, 3.8) is 0 Å². The van der Waals surface area contributed by atoms with Crippen LogP contribution in [0.3, 0.4) is 0 Å². The van der Waals surface area contributed by atoms with Gasteiger partial charge in [-0.05, 0) is 12.1 Å². The average Bonchev–Trinajstić information content (AvgIpc) is 2.38. The fourth-order valence-electron chi connectivity index (χ4n) is 1.48. The highest BCUT2D eigenvalue weighted by molar-refractivity contribution is 5.88. The number of benzene rings is 1. The van der Waals surface area contributed by atoms with Crippen LogP contribution in [0.4, 0.5) is 5.69 Å². The van der Waals surface area contributed by atoms with Gasteiger partial charge in [-0.2, -0.15) is 0 Å². The minimum Gasteiger partial charge on any atom is -0.492 e. The minimum absolute atomic E-state index is 0.100. The van der Waals surface area contributed by atoms with E-state index >= 15 is 0 Å². The van der Waals surface area contributed by atoms with Crippen molar-refractivity contribution < 1.29 is 9.53 Å². The van der Waals surface area contributed by atoms with E-state index in [9.17, 15) is 4.79 Å². The summed E-state index contributed by atoms with van der Waals surface area (Å²) >= 11 is 0. The summed E-state index contributed by atoms with van der Waals surface area (Å²) in [5, 5.41) is 8.71. The predicted octanol–water partition coefficient (Wildman–Crippen LogP) is 0.819. The zero-order chi connectivity index (χ0) is 14.1. The third kappa shape index (κ3) is 5.76. The quantitative estimate of drug-likeness (QED) is 0.418. The van der Waals surface area contributed by atoms with E-state index in [1.54, 1.807) is 20.2 Å². The lowest BCUT2D eigenvalue weighted by atomic mass is 10.3. The molecule has 19 heavy (non-hydrogen) atoms. The van der Waals surface area contributed by atoms with Crippen molar-refractivity contribution in [2.24, 2.45) is 4.99 Å². The number of nitrogens with zero attached hydrogens (tertiary/aromatic N) is 1. The third-order valence-electron chi connectivity index (χ3n) is 2.28. The fraction of sp³-hybridized carbons (Fsp3) is 0.385. The molecular weight excluding hydrogens is 244 g/mol. The van der Waals surface area contributed by atoms with E-state index in [2.05, 4.69) is 20.9 Å². The first-order valence-electron chi connectivity index (χ1n) is 6.04. The van der Waals surface area contributed by atoms with E-state index in [4.69, 9.17) is 4.74 Å². The maximum Gasteiger partial charge on any atom is 0.221 e. The summed E-state index contributed by atoms with van der Waals surface area (Å²) in [5.74, 6) is 1.33. The summed E-state index contributed by atoms with van der Waals surface area (Å²) < 4.78 is 5.57. The van der Waals surface area contributed by atoms with E-state index in [1.165, 1.54) is 6.92 Å². The number of hydrogen-bond donors (Lipinski definition) is 3. The second-order valence-corrected chi connectivity index (χ2v) is 3.81. The molecule has 3 N–H and O–H groups in total. The van der Waals surface area contributed by atoms with Gasteiger partial charge in [0.25, 0.3) is 0 Å². The van der Waals surface area contributed by atoms with Crippen molar-refractivity contribution in [1.29, 1.82) is 0 Å². The first-order chi connectivity index (χ1) is 9.15. The largest absolute Gasteiger partial charge is 0.492 e. The average molecular weight is 264 g/mol. The number of amides is 1. The smallest absolute Gasteiger partial charge is 0.221 e. The third-order valence-corrected chi connectivity index (χ3v) is 2.28. The van der Waals surface area contributed by atoms with Crippen LogP contribution in [-0.2, 0) is 4.79 Å². The van der Waals surface area contributed by atoms with Gasteiger partial charge in [0.05, 0.1) is 6.54 Å². The molecule has 0 radical (unpaired) electrons. The summed E-state index contributed by atoms with van der Waals surface area (Å²) in [4.78, 5) is 14.9. The number of carbonyl (C=O) groups excluding carboxylic acids is 1. The lowest BCUT2D eigenvalue weighted by Gasteiger charge is -2.10. The molecule has 0 spiro atoms. The van der Waals surface area contributed by atoms with Crippen LogP contribution in [0.25, 0.3) is 0 Å². The number of nitrogens with one attached hydrogen (secondary N) is 3. The van der Waals surface area contributed by atoms with Crippen LogP contribution in [-0.4, -0.2) is 39.1 Å². The molecule has 0 bridgehead atoms. The summed E-state index contributed by atoms with van der Waals surface area (Å²) in [6.07, 6.45) is 0. The van der Waals surface area contributed by atoms with E-state index < -0.39 is 0 Å². The Kier molecular flexibility index (Phi) is 6.21. The Balaban J connectivity index is 2.39. The highest BCUT2D eigenvalue weighted by atomic mass is 16.5. The second kappa shape index (κ2) is 7.97. The maximum absolute atomic E-state index is 10.9. The van der Waals surface area contributed by atoms with Crippen LogP contribution >= 0.6 is 0 Å². The number of aliphatic imine (C=N–C) groups is 1. The fourth-order valence-corrected chi connectivity index (χ4v) is 1.48. The molecule has 1 amide bonds. The van der Waals surface area contributed by atoms with Crippen molar-refractivity contribution in [1.82, 2.24) is 10.6 Å². The van der Waals surface area contributed by atoms with Crippen molar-refractivity contribution in [3.05, 3.63) is 24.3 Å². The minimum atomic E-state index is -0.100. The maximum atomic E-state index is 10.9. The van der Waals surface area contributed by atoms with Crippen LogP contribution in [0.5, 0.6) is 5.75 Å². The second-order valence-electron chi connectivity index (χ2n) is 3.81. The number of rotatable bonds is 5. The molecule has 0 fully saturated rings. The molecule has 0 unspecified atom stereocenters. The number of ether oxygens (including phenoxy) is 1. The van der Waals surface area contributed by atoms with Gasteiger partial charge in [0, 0.05) is 32.8 Å². The number of hydrogen-bond acceptors (Lipinski definition) is 3. The molecule has 1 aromatic rings. The van der Waals surface area contributed by atoms with Crippen LogP contribution in [0.2, 0.25) is 0 Å². The molecule has 104 valence electrons. The summed E-state index contributed by atoms with van der Waals surface area (Å²) in [6.45, 7) is 2.61. The molecule has 0 atom stereocenters. The number of guanidine groups is 1. The molecule has 0 aliphatic rings. The van der Waals surface area contributed by atoms with E-state index in [0.717, 1.165) is 11.6 Å². The van der Waals surface area contributed by atoms with Gasteiger partial charge < -0.3 is 20.7 Å². The molecular formula is C13H20N4O2. The van der Waals surface area contributed by atoms with Crippen molar-refractivity contribution >= 4 is 17.6 Å². The Labute approximate surface area is 113 Å². The predicted molar refractivity (Wildman–Crippen MR) is 76.7 cm³/mol. The SMILES string of the molecule is CN=C(NC)NCCOc1cccc(NC(C)=O)c1. The first-order valence-corrected chi connectivity index (χ1v) is 6.04. The van der Waals surface area contributed by atoms with E-state index in [0.29, 0.717) is 18.9 Å². The molecule has 0 aromatic heterocycles. The Bertz CT molecular complexity index is 446. The topological polar surface area (TPSA) is 74.8 Å². The van der Waals surface area contributed by atoms with Gasteiger partial charge in [0.15, 0.2) is 5.96 Å². The zero-order valence-electron chi connectivity index (χ0n) is 11.5. The molecule has 0 aliphatic carbocycles. The molecule has 0 heterocycles. The van der Waals surface area contributed by atoms with Crippen molar-refractivity contribution in [3.8, 4) is 5.75 Å². The van der Waals surface area contributed by atoms with Gasteiger partial charge >= 0.3 is 0 Å². The van der Waals surface area contributed by atoms with E-state index in [1.807, 2.05) is 18.2 Å². The van der Waals surface area contributed by atoms with Gasteiger partial charge in [-0.1, -0.05) is 6.07 Å². The monoisotopic (exact) mass is 264 g/mol. The lowest BCUT2D eigenvalue weighted by molar-refractivity contribution is -0.114. The van der Waals surface area contributed by atoms with Gasteiger partial charge in [-0.25, -0.2) is 0 Å². The summed E-state index contributed by atoms with van der Waals surface area (Å²) in [7, 11) is 3.50. The van der Waals surface area contributed by atoms with Crippen molar-refractivity contribution in [2.75, 3.05) is 32.6 Å². The lowest BCUT2D eigenvalue weighted by Crippen LogP contribution is -2.37. The van der Waals surface area contributed by atoms with Crippen molar-refractivity contribution in [2.45, 2.75) is 6.92 Å². The van der Waals surface area contributed by atoms with Gasteiger partial charge in [0.2, 0.25) is 5.91 Å². The normalized spacial score (nSPS) is 10.8. The van der Waals surface area contributed by atoms with Crippen LogP contribution in [0, 0.1) is 0 Å². The van der Waals surface area contributed by atoms with Crippen LogP contribution in [0.15, 0.2) is 29.3 Å². The highest BCUT2D eigenvalue weighted by Gasteiger charge is 1.99. The number of carbonyl (C=O) groups is 1. The molecule has 0 aliphatic heterocycles. The molecule has 6 heteroatoms. The summed E-state index contributed by atoms with van der Waals surface area (Å²) in [5.41, 5.74) is 0.726. The Hall–Kier alpha value is -2.24. The Morgan fingerprint density at radius 1 is 1.42 bits per heavy atom. The molecule has 1 aromatic carbocycles. The summed E-state index contributed by atoms with van der Waals surface area (Å²) in [6, 6.07) is 7.28. The Morgan fingerprint density at radius 3 is 2.84 bits per heavy atom. The molecule has 0 saturated carbocycles. The molecule has 1 rings (SSSR count). The number of anilines is 1. The zero-order valence-corrected chi connectivity index (χ0v) is 11.5. The van der Waals surface area contributed by atoms with Crippen LogP contribution in [0.1, 0.15) is 6.92 Å². The van der Waals surface area contributed by atoms with Gasteiger partial charge in [-0.15, -0.1) is 0 Å². The van der Waals surface area contributed by atoms with Gasteiger partial charge in [0.1, 0.15) is 12.4 Å².